The van der Waals surface area contributed by atoms with E-state index in [-0.39, 0.29) is 5.91 Å². The van der Waals surface area contributed by atoms with E-state index in [1.54, 1.807) is 0 Å². The summed E-state index contributed by atoms with van der Waals surface area (Å²) in [5, 5.41) is 3.02. The van der Waals surface area contributed by atoms with Crippen molar-refractivity contribution in [1.82, 2.24) is 5.32 Å². The number of nitrogens with one attached hydrogen (secondary N) is 1. The second-order valence-corrected chi connectivity index (χ2v) is 5.82. The van der Waals surface area contributed by atoms with E-state index in [2.05, 4.69) is 19.2 Å². The molecule has 18 heavy (non-hydrogen) atoms. The van der Waals surface area contributed by atoms with E-state index in [9.17, 15) is 4.79 Å². The van der Waals surface area contributed by atoms with Crippen LogP contribution in [0.1, 0.15) is 39.5 Å². The molecule has 1 heterocycles. The van der Waals surface area contributed by atoms with Crippen LogP contribution in [-0.2, 0) is 9.53 Å². The average Bonchev–Trinajstić information content (AvgIpc) is 2.36. The Hall–Kier alpha value is -0.610. The Kier molecular flexibility index (Phi) is 7.28. The second-order valence-electron chi connectivity index (χ2n) is 5.82. The molecule has 106 valence electrons. The molecule has 0 aromatic carbocycles. The lowest BCUT2D eigenvalue weighted by atomic mass is 9.94. The summed E-state index contributed by atoms with van der Waals surface area (Å²) in [7, 11) is 0. The second kappa shape index (κ2) is 8.48. The molecule has 2 unspecified atom stereocenters. The molecule has 1 aliphatic heterocycles. The minimum atomic E-state index is 0.136. The van der Waals surface area contributed by atoms with Crippen molar-refractivity contribution in [2.24, 2.45) is 23.5 Å². The fourth-order valence-corrected chi connectivity index (χ4v) is 2.49. The van der Waals surface area contributed by atoms with Crippen LogP contribution in [-0.4, -0.2) is 32.2 Å². The topological polar surface area (TPSA) is 64.4 Å². The lowest BCUT2D eigenvalue weighted by molar-refractivity contribution is -0.122. The van der Waals surface area contributed by atoms with Gasteiger partial charge in [-0.05, 0) is 43.6 Å². The van der Waals surface area contributed by atoms with E-state index < -0.39 is 0 Å². The normalized spacial score (nSPS) is 21.9. The summed E-state index contributed by atoms with van der Waals surface area (Å²) in [6.45, 7) is 7.33. The summed E-state index contributed by atoms with van der Waals surface area (Å²) in [6.07, 6.45) is 3.85. The molecule has 0 aromatic rings. The highest BCUT2D eigenvalue weighted by molar-refractivity contribution is 5.76. The van der Waals surface area contributed by atoms with Crippen LogP contribution in [0.3, 0.4) is 0 Å². The molecular weight excluding hydrogens is 228 g/mol. The molecule has 0 bridgehead atoms. The molecule has 4 nitrogen and oxygen atoms in total. The van der Waals surface area contributed by atoms with Crippen molar-refractivity contribution in [2.75, 3.05) is 26.3 Å². The van der Waals surface area contributed by atoms with E-state index in [1.165, 1.54) is 0 Å². The molecule has 0 radical (unpaired) electrons. The van der Waals surface area contributed by atoms with Crippen molar-refractivity contribution in [1.29, 1.82) is 0 Å². The standard InChI is InChI=1S/C14H28N2O2/c1-11(2)6-13(8-15)7-14(17)16-9-12-4-3-5-18-10-12/h11-13H,3-10,15H2,1-2H3,(H,16,17). The highest BCUT2D eigenvalue weighted by atomic mass is 16.5. The fraction of sp³-hybridized carbons (Fsp3) is 0.929. The van der Waals surface area contributed by atoms with Crippen LogP contribution in [0, 0.1) is 17.8 Å². The minimum absolute atomic E-state index is 0.136. The van der Waals surface area contributed by atoms with Gasteiger partial charge in [0.05, 0.1) is 6.61 Å². The molecule has 1 saturated heterocycles. The Labute approximate surface area is 111 Å². The molecule has 3 N–H and O–H groups in total. The van der Waals surface area contributed by atoms with Crippen molar-refractivity contribution in [2.45, 2.75) is 39.5 Å². The van der Waals surface area contributed by atoms with Crippen molar-refractivity contribution in [3.05, 3.63) is 0 Å². The van der Waals surface area contributed by atoms with Crippen LogP contribution < -0.4 is 11.1 Å². The Morgan fingerprint density at radius 1 is 1.50 bits per heavy atom. The summed E-state index contributed by atoms with van der Waals surface area (Å²) in [5.41, 5.74) is 5.71. The number of hydrogen-bond acceptors (Lipinski definition) is 3. The van der Waals surface area contributed by atoms with E-state index in [1.807, 2.05) is 0 Å². The summed E-state index contributed by atoms with van der Waals surface area (Å²) in [5.74, 6) is 1.53. The number of carbonyl (C=O) groups is 1. The quantitative estimate of drug-likeness (QED) is 0.726. The number of hydrogen-bond donors (Lipinski definition) is 2. The van der Waals surface area contributed by atoms with Crippen molar-refractivity contribution < 1.29 is 9.53 Å². The van der Waals surface area contributed by atoms with Gasteiger partial charge in [0, 0.05) is 19.6 Å². The van der Waals surface area contributed by atoms with Crippen molar-refractivity contribution in [3.63, 3.8) is 0 Å². The van der Waals surface area contributed by atoms with Gasteiger partial charge >= 0.3 is 0 Å². The predicted octanol–water partition coefficient (Wildman–Crippen LogP) is 1.54. The van der Waals surface area contributed by atoms with Gasteiger partial charge in [0.1, 0.15) is 0 Å². The predicted molar refractivity (Wildman–Crippen MR) is 73.2 cm³/mol. The zero-order chi connectivity index (χ0) is 13.4. The minimum Gasteiger partial charge on any atom is -0.381 e. The van der Waals surface area contributed by atoms with Crippen LogP contribution in [0.4, 0.5) is 0 Å². The van der Waals surface area contributed by atoms with Crippen molar-refractivity contribution in [3.8, 4) is 0 Å². The zero-order valence-corrected chi connectivity index (χ0v) is 11.8. The van der Waals surface area contributed by atoms with Gasteiger partial charge in [0.25, 0.3) is 0 Å². The molecule has 0 spiro atoms. The lowest BCUT2D eigenvalue weighted by Crippen LogP contribution is -2.35. The molecule has 1 amide bonds. The van der Waals surface area contributed by atoms with Crippen LogP contribution >= 0.6 is 0 Å². The fourth-order valence-electron chi connectivity index (χ4n) is 2.49. The number of ether oxygens (including phenoxy) is 1. The summed E-state index contributed by atoms with van der Waals surface area (Å²) in [6, 6.07) is 0. The maximum Gasteiger partial charge on any atom is 0.220 e. The Morgan fingerprint density at radius 3 is 2.83 bits per heavy atom. The van der Waals surface area contributed by atoms with Gasteiger partial charge in [-0.1, -0.05) is 13.8 Å². The van der Waals surface area contributed by atoms with Crippen LogP contribution in [0.25, 0.3) is 0 Å². The highest BCUT2D eigenvalue weighted by Crippen LogP contribution is 2.15. The SMILES string of the molecule is CC(C)CC(CN)CC(=O)NCC1CCCOC1. The lowest BCUT2D eigenvalue weighted by Gasteiger charge is -2.23. The Bertz CT molecular complexity index is 238. The van der Waals surface area contributed by atoms with E-state index in [0.29, 0.717) is 30.7 Å². The third-order valence-corrected chi connectivity index (χ3v) is 3.45. The molecule has 0 aliphatic carbocycles. The smallest absolute Gasteiger partial charge is 0.220 e. The van der Waals surface area contributed by atoms with Crippen LogP contribution in [0.5, 0.6) is 0 Å². The molecule has 1 aliphatic rings. The van der Waals surface area contributed by atoms with Gasteiger partial charge < -0.3 is 15.8 Å². The zero-order valence-electron chi connectivity index (χ0n) is 11.8. The van der Waals surface area contributed by atoms with Crippen molar-refractivity contribution >= 4 is 5.91 Å². The molecule has 0 aromatic heterocycles. The summed E-state index contributed by atoms with van der Waals surface area (Å²) >= 11 is 0. The maximum atomic E-state index is 11.8. The van der Waals surface area contributed by atoms with Gasteiger partial charge in [-0.2, -0.15) is 0 Å². The molecule has 1 fully saturated rings. The van der Waals surface area contributed by atoms with E-state index >= 15 is 0 Å². The van der Waals surface area contributed by atoms with Crippen LogP contribution in [0.2, 0.25) is 0 Å². The first-order valence-electron chi connectivity index (χ1n) is 7.16. The Balaban J connectivity index is 2.18. The van der Waals surface area contributed by atoms with Gasteiger partial charge in [-0.3, -0.25) is 4.79 Å². The van der Waals surface area contributed by atoms with E-state index in [0.717, 1.165) is 39.0 Å². The molecule has 2 atom stereocenters. The first-order chi connectivity index (χ1) is 8.61. The average molecular weight is 256 g/mol. The number of nitrogens with two attached hydrogens (primary N) is 1. The number of amides is 1. The number of carbonyl (C=O) groups excluding carboxylic acids is 1. The first kappa shape index (κ1) is 15.4. The largest absolute Gasteiger partial charge is 0.381 e. The highest BCUT2D eigenvalue weighted by Gasteiger charge is 2.17. The monoisotopic (exact) mass is 256 g/mol. The van der Waals surface area contributed by atoms with Crippen LogP contribution in [0.15, 0.2) is 0 Å². The van der Waals surface area contributed by atoms with Gasteiger partial charge in [-0.25, -0.2) is 0 Å². The van der Waals surface area contributed by atoms with Gasteiger partial charge in [0.2, 0.25) is 5.91 Å². The molecule has 0 saturated carbocycles. The number of rotatable bonds is 7. The summed E-state index contributed by atoms with van der Waals surface area (Å²) in [4.78, 5) is 11.8. The Morgan fingerprint density at radius 2 is 2.28 bits per heavy atom. The van der Waals surface area contributed by atoms with Gasteiger partial charge in [-0.15, -0.1) is 0 Å². The molecular formula is C14H28N2O2. The van der Waals surface area contributed by atoms with Gasteiger partial charge in [0.15, 0.2) is 0 Å². The third-order valence-electron chi connectivity index (χ3n) is 3.45. The molecule has 4 heteroatoms. The third kappa shape index (κ3) is 6.36. The van der Waals surface area contributed by atoms with E-state index in [4.69, 9.17) is 10.5 Å². The molecule has 1 rings (SSSR count). The maximum absolute atomic E-state index is 11.8. The first-order valence-corrected chi connectivity index (χ1v) is 7.16. The summed E-state index contributed by atoms with van der Waals surface area (Å²) < 4.78 is 5.40.